The minimum Gasteiger partial charge on any atom is -0.374 e. The summed E-state index contributed by atoms with van der Waals surface area (Å²) in [6.45, 7) is 8.43. The van der Waals surface area contributed by atoms with Gasteiger partial charge in [0.2, 0.25) is 5.91 Å². The van der Waals surface area contributed by atoms with Gasteiger partial charge in [0.25, 0.3) is 0 Å². The van der Waals surface area contributed by atoms with E-state index in [9.17, 15) is 9.18 Å². The highest BCUT2D eigenvalue weighted by atomic mass is 19.1. The molecule has 0 radical (unpaired) electrons. The summed E-state index contributed by atoms with van der Waals surface area (Å²) in [5, 5.41) is 5.85. The molecule has 2 rings (SSSR count). The second-order valence-corrected chi connectivity index (χ2v) is 6.50. The standard InChI is InChI=1S/C20H25FN2O/c1-13(2)15-8-7-9-16(14(3)4)20(15)23-19(24)12-22-18-11-6-5-10-17(18)21/h5-11,13-14,22H,12H2,1-4H3,(H,23,24). The van der Waals surface area contributed by atoms with Gasteiger partial charge in [-0.2, -0.15) is 0 Å². The van der Waals surface area contributed by atoms with Gasteiger partial charge in [-0.15, -0.1) is 0 Å². The Morgan fingerprint density at radius 1 is 0.958 bits per heavy atom. The van der Waals surface area contributed by atoms with Gasteiger partial charge in [0, 0.05) is 5.69 Å². The zero-order valence-electron chi connectivity index (χ0n) is 14.7. The van der Waals surface area contributed by atoms with E-state index < -0.39 is 0 Å². The quantitative estimate of drug-likeness (QED) is 0.772. The fourth-order valence-corrected chi connectivity index (χ4v) is 2.66. The van der Waals surface area contributed by atoms with Gasteiger partial charge in [0.05, 0.1) is 12.2 Å². The van der Waals surface area contributed by atoms with Crippen LogP contribution in [0.4, 0.5) is 15.8 Å². The number of rotatable bonds is 6. The number of anilines is 2. The summed E-state index contributed by atoms with van der Waals surface area (Å²) in [4.78, 5) is 12.4. The van der Waals surface area contributed by atoms with Crippen LogP contribution >= 0.6 is 0 Å². The number of benzene rings is 2. The lowest BCUT2D eigenvalue weighted by molar-refractivity contribution is -0.114. The molecule has 1 amide bonds. The van der Waals surface area contributed by atoms with E-state index in [0.29, 0.717) is 17.5 Å². The van der Waals surface area contributed by atoms with Crippen LogP contribution in [0, 0.1) is 5.82 Å². The highest BCUT2D eigenvalue weighted by Crippen LogP contribution is 2.32. The lowest BCUT2D eigenvalue weighted by atomic mass is 9.92. The van der Waals surface area contributed by atoms with Crippen LogP contribution in [0.5, 0.6) is 0 Å². The number of carbonyl (C=O) groups excluding carboxylic acids is 1. The molecular weight excluding hydrogens is 303 g/mol. The van der Waals surface area contributed by atoms with E-state index in [1.807, 2.05) is 18.2 Å². The summed E-state index contributed by atoms with van der Waals surface area (Å²) >= 11 is 0. The monoisotopic (exact) mass is 328 g/mol. The number of carbonyl (C=O) groups is 1. The summed E-state index contributed by atoms with van der Waals surface area (Å²) < 4.78 is 13.6. The van der Waals surface area contributed by atoms with Gasteiger partial charge in [-0.05, 0) is 35.1 Å². The zero-order valence-corrected chi connectivity index (χ0v) is 14.7. The molecule has 3 nitrogen and oxygen atoms in total. The Labute approximate surface area is 143 Å². The zero-order chi connectivity index (χ0) is 17.7. The SMILES string of the molecule is CC(C)c1cccc(C(C)C)c1NC(=O)CNc1ccccc1F. The van der Waals surface area contributed by atoms with Gasteiger partial charge in [-0.25, -0.2) is 4.39 Å². The molecule has 128 valence electrons. The van der Waals surface area contributed by atoms with Crippen molar-refractivity contribution < 1.29 is 9.18 Å². The fourth-order valence-electron chi connectivity index (χ4n) is 2.66. The number of hydrogen-bond acceptors (Lipinski definition) is 2. The molecule has 0 aliphatic heterocycles. The van der Waals surface area contributed by atoms with Gasteiger partial charge < -0.3 is 10.6 Å². The smallest absolute Gasteiger partial charge is 0.243 e. The van der Waals surface area contributed by atoms with Crippen molar-refractivity contribution in [2.24, 2.45) is 0 Å². The summed E-state index contributed by atoms with van der Waals surface area (Å²) in [6.07, 6.45) is 0. The largest absolute Gasteiger partial charge is 0.374 e. The van der Waals surface area contributed by atoms with Crippen LogP contribution < -0.4 is 10.6 Å². The number of halogens is 1. The van der Waals surface area contributed by atoms with Crippen molar-refractivity contribution in [3.8, 4) is 0 Å². The topological polar surface area (TPSA) is 41.1 Å². The molecule has 4 heteroatoms. The van der Waals surface area contributed by atoms with Crippen LogP contribution in [0.1, 0.15) is 50.7 Å². The molecule has 0 spiro atoms. The highest BCUT2D eigenvalue weighted by molar-refractivity contribution is 5.95. The normalized spacial score (nSPS) is 11.0. The first-order chi connectivity index (χ1) is 11.4. The summed E-state index contributed by atoms with van der Waals surface area (Å²) in [7, 11) is 0. The van der Waals surface area contributed by atoms with Crippen molar-refractivity contribution in [3.63, 3.8) is 0 Å². The van der Waals surface area contributed by atoms with E-state index in [1.165, 1.54) is 6.07 Å². The third-order valence-corrected chi connectivity index (χ3v) is 3.95. The van der Waals surface area contributed by atoms with Gasteiger partial charge in [-0.1, -0.05) is 58.0 Å². The van der Waals surface area contributed by atoms with Crippen molar-refractivity contribution in [1.82, 2.24) is 0 Å². The average molecular weight is 328 g/mol. The van der Waals surface area contributed by atoms with Crippen LogP contribution in [0.3, 0.4) is 0 Å². The molecular formula is C20H25FN2O. The van der Waals surface area contributed by atoms with Crippen LogP contribution in [0.25, 0.3) is 0 Å². The van der Waals surface area contributed by atoms with Gasteiger partial charge in [0.1, 0.15) is 5.82 Å². The lowest BCUT2D eigenvalue weighted by Crippen LogP contribution is -2.23. The average Bonchev–Trinajstić information content (AvgIpc) is 2.53. The number of para-hydroxylation sites is 2. The Morgan fingerprint density at radius 3 is 2.08 bits per heavy atom. The maximum atomic E-state index is 13.6. The Hall–Kier alpha value is -2.36. The highest BCUT2D eigenvalue weighted by Gasteiger charge is 2.16. The number of nitrogens with one attached hydrogen (secondary N) is 2. The Bertz CT molecular complexity index is 684. The van der Waals surface area contributed by atoms with E-state index in [0.717, 1.165) is 16.8 Å². The molecule has 0 aromatic heterocycles. The molecule has 2 N–H and O–H groups in total. The molecule has 2 aromatic carbocycles. The van der Waals surface area contributed by atoms with Crippen molar-refractivity contribution >= 4 is 17.3 Å². The third-order valence-electron chi connectivity index (χ3n) is 3.95. The predicted octanol–water partition coefficient (Wildman–Crippen LogP) is 5.12. The van der Waals surface area contributed by atoms with Crippen LogP contribution in [-0.4, -0.2) is 12.5 Å². The van der Waals surface area contributed by atoms with Crippen LogP contribution in [0.2, 0.25) is 0 Å². The second kappa shape index (κ2) is 7.95. The molecule has 2 aromatic rings. The summed E-state index contributed by atoms with van der Waals surface area (Å²) in [6, 6.07) is 12.4. The van der Waals surface area contributed by atoms with Crippen LogP contribution in [-0.2, 0) is 4.79 Å². The van der Waals surface area contributed by atoms with Gasteiger partial charge >= 0.3 is 0 Å². The molecule has 0 unspecified atom stereocenters. The molecule has 0 atom stereocenters. The third kappa shape index (κ3) is 4.34. The van der Waals surface area contributed by atoms with E-state index in [2.05, 4.69) is 38.3 Å². The predicted molar refractivity (Wildman–Crippen MR) is 98.1 cm³/mol. The molecule has 24 heavy (non-hydrogen) atoms. The first-order valence-corrected chi connectivity index (χ1v) is 8.31. The van der Waals surface area contributed by atoms with Gasteiger partial charge in [-0.3, -0.25) is 4.79 Å². The molecule has 0 saturated heterocycles. The molecule has 0 bridgehead atoms. The van der Waals surface area contributed by atoms with Crippen LogP contribution in [0.15, 0.2) is 42.5 Å². The number of hydrogen-bond donors (Lipinski definition) is 2. The molecule has 0 aliphatic rings. The summed E-state index contributed by atoms with van der Waals surface area (Å²) in [5.74, 6) is 0.0565. The Morgan fingerprint density at radius 2 is 1.54 bits per heavy atom. The first-order valence-electron chi connectivity index (χ1n) is 8.31. The fraction of sp³-hybridized carbons (Fsp3) is 0.350. The molecule has 0 saturated carbocycles. The van der Waals surface area contributed by atoms with Crippen molar-refractivity contribution in [2.45, 2.75) is 39.5 Å². The number of amides is 1. The Kier molecular flexibility index (Phi) is 5.96. The Balaban J connectivity index is 2.15. The second-order valence-electron chi connectivity index (χ2n) is 6.50. The minimum absolute atomic E-state index is 0.0187. The van der Waals surface area contributed by atoms with E-state index >= 15 is 0 Å². The maximum Gasteiger partial charge on any atom is 0.243 e. The molecule has 0 aliphatic carbocycles. The van der Waals surface area contributed by atoms with Crippen molar-refractivity contribution in [2.75, 3.05) is 17.2 Å². The van der Waals surface area contributed by atoms with Gasteiger partial charge in [0.15, 0.2) is 0 Å². The molecule has 0 fully saturated rings. The van der Waals surface area contributed by atoms with E-state index in [-0.39, 0.29) is 18.3 Å². The maximum absolute atomic E-state index is 13.6. The van der Waals surface area contributed by atoms with E-state index in [4.69, 9.17) is 0 Å². The van der Waals surface area contributed by atoms with E-state index in [1.54, 1.807) is 18.2 Å². The lowest BCUT2D eigenvalue weighted by Gasteiger charge is -2.20. The van der Waals surface area contributed by atoms with Crippen molar-refractivity contribution in [3.05, 3.63) is 59.4 Å². The minimum atomic E-state index is -0.365. The summed E-state index contributed by atoms with van der Waals surface area (Å²) in [5.41, 5.74) is 3.43. The first kappa shape index (κ1) is 18.0. The van der Waals surface area contributed by atoms with Crippen molar-refractivity contribution in [1.29, 1.82) is 0 Å². The molecule has 0 heterocycles.